The van der Waals surface area contributed by atoms with Crippen LogP contribution in [0.25, 0.3) is 5.65 Å². The highest BCUT2D eigenvalue weighted by Gasteiger charge is 2.21. The Balaban J connectivity index is 1.26. The van der Waals surface area contributed by atoms with Crippen molar-refractivity contribution in [3.05, 3.63) is 65.0 Å². The van der Waals surface area contributed by atoms with E-state index in [0.717, 1.165) is 54.0 Å². The van der Waals surface area contributed by atoms with Crippen LogP contribution in [-0.4, -0.2) is 39.4 Å². The molecule has 0 spiro atoms. The lowest BCUT2D eigenvalue weighted by Crippen LogP contribution is -2.45. The van der Waals surface area contributed by atoms with E-state index in [0.29, 0.717) is 0 Å². The number of urea groups is 1. The standard InChI is InChI=1S/C20H22BrN5O/c21-15-6-7-19-22-18(14-26(19)12-15)13-25-10-8-17(9-11-25)24-20(27)23-16-4-2-1-3-5-16/h1-7,12,14,17H,8-11,13H2,(H2,23,24,27). The van der Waals surface area contributed by atoms with E-state index in [1.807, 2.05) is 53.1 Å². The highest BCUT2D eigenvalue weighted by Crippen LogP contribution is 2.16. The molecule has 1 aromatic carbocycles. The molecule has 3 heterocycles. The van der Waals surface area contributed by atoms with Crippen molar-refractivity contribution >= 4 is 33.3 Å². The number of aromatic nitrogens is 2. The topological polar surface area (TPSA) is 61.7 Å². The number of halogens is 1. The summed E-state index contributed by atoms with van der Waals surface area (Å²) in [5, 5.41) is 5.96. The van der Waals surface area contributed by atoms with Gasteiger partial charge in [0.1, 0.15) is 5.65 Å². The maximum atomic E-state index is 12.1. The number of para-hydroxylation sites is 1. The summed E-state index contributed by atoms with van der Waals surface area (Å²) in [6.45, 7) is 2.74. The number of hydrogen-bond donors (Lipinski definition) is 2. The summed E-state index contributed by atoms with van der Waals surface area (Å²) in [4.78, 5) is 19.2. The first-order valence-electron chi connectivity index (χ1n) is 9.14. The number of hydrogen-bond acceptors (Lipinski definition) is 3. The van der Waals surface area contributed by atoms with Gasteiger partial charge in [0.25, 0.3) is 0 Å². The number of likely N-dealkylation sites (tertiary alicyclic amines) is 1. The van der Waals surface area contributed by atoms with Gasteiger partial charge in [-0.3, -0.25) is 4.90 Å². The van der Waals surface area contributed by atoms with Gasteiger partial charge < -0.3 is 15.0 Å². The van der Waals surface area contributed by atoms with Crippen molar-refractivity contribution in [3.63, 3.8) is 0 Å². The van der Waals surface area contributed by atoms with Gasteiger partial charge in [-0.15, -0.1) is 0 Å². The third kappa shape index (κ3) is 4.67. The van der Waals surface area contributed by atoms with Crippen molar-refractivity contribution in [2.75, 3.05) is 18.4 Å². The Morgan fingerprint density at radius 2 is 1.89 bits per heavy atom. The summed E-state index contributed by atoms with van der Waals surface area (Å²) < 4.78 is 3.08. The monoisotopic (exact) mass is 427 g/mol. The second kappa shape index (κ2) is 8.10. The van der Waals surface area contributed by atoms with Gasteiger partial charge >= 0.3 is 6.03 Å². The second-order valence-corrected chi connectivity index (χ2v) is 7.78. The third-order valence-electron chi connectivity index (χ3n) is 4.80. The van der Waals surface area contributed by atoms with Gasteiger partial charge in [-0.2, -0.15) is 0 Å². The molecule has 0 atom stereocenters. The maximum Gasteiger partial charge on any atom is 0.319 e. The van der Waals surface area contributed by atoms with Crippen LogP contribution in [0, 0.1) is 0 Å². The molecule has 0 radical (unpaired) electrons. The number of nitrogens with one attached hydrogen (secondary N) is 2. The molecular formula is C20H22BrN5O. The molecule has 4 rings (SSSR count). The largest absolute Gasteiger partial charge is 0.335 e. The zero-order chi connectivity index (χ0) is 18.6. The molecule has 6 nitrogen and oxygen atoms in total. The number of fused-ring (bicyclic) bond motifs is 1. The average molecular weight is 428 g/mol. The van der Waals surface area contributed by atoms with Crippen LogP contribution in [0.3, 0.4) is 0 Å². The van der Waals surface area contributed by atoms with Gasteiger partial charge in [-0.25, -0.2) is 9.78 Å². The van der Waals surface area contributed by atoms with Crippen molar-refractivity contribution < 1.29 is 4.79 Å². The van der Waals surface area contributed by atoms with Crippen LogP contribution in [0.15, 0.2) is 59.3 Å². The Morgan fingerprint density at radius 3 is 2.67 bits per heavy atom. The summed E-state index contributed by atoms with van der Waals surface area (Å²) in [7, 11) is 0. The number of rotatable bonds is 4. The van der Waals surface area contributed by atoms with Crippen molar-refractivity contribution in [1.82, 2.24) is 19.6 Å². The number of anilines is 1. The average Bonchev–Trinajstić information content (AvgIpc) is 3.05. The van der Waals surface area contributed by atoms with Crippen LogP contribution in [0.5, 0.6) is 0 Å². The zero-order valence-corrected chi connectivity index (χ0v) is 16.5. The summed E-state index contributed by atoms with van der Waals surface area (Å²) in [5.41, 5.74) is 2.84. The van der Waals surface area contributed by atoms with Crippen LogP contribution in [0.4, 0.5) is 10.5 Å². The molecule has 1 fully saturated rings. The molecule has 1 saturated heterocycles. The maximum absolute atomic E-state index is 12.1. The van der Waals surface area contributed by atoms with E-state index in [4.69, 9.17) is 0 Å². The molecule has 2 aromatic heterocycles. The van der Waals surface area contributed by atoms with E-state index in [-0.39, 0.29) is 12.1 Å². The van der Waals surface area contributed by atoms with Gasteiger partial charge in [-0.1, -0.05) is 18.2 Å². The van der Waals surface area contributed by atoms with E-state index >= 15 is 0 Å². The summed E-state index contributed by atoms with van der Waals surface area (Å²) in [5.74, 6) is 0. The van der Waals surface area contributed by atoms with Gasteiger partial charge in [0.15, 0.2) is 0 Å². The van der Waals surface area contributed by atoms with E-state index in [2.05, 4.69) is 42.6 Å². The van der Waals surface area contributed by atoms with Crippen LogP contribution in [-0.2, 0) is 6.54 Å². The first kappa shape index (κ1) is 18.0. The van der Waals surface area contributed by atoms with Crippen molar-refractivity contribution in [2.45, 2.75) is 25.4 Å². The summed E-state index contributed by atoms with van der Waals surface area (Å²) in [6, 6.07) is 13.6. The first-order valence-corrected chi connectivity index (χ1v) is 9.93. The lowest BCUT2D eigenvalue weighted by atomic mass is 10.1. The van der Waals surface area contributed by atoms with Crippen LogP contribution in [0.1, 0.15) is 18.5 Å². The minimum atomic E-state index is -0.134. The SMILES string of the molecule is O=C(Nc1ccccc1)NC1CCN(Cc2cn3cc(Br)ccc3n2)CC1. The van der Waals surface area contributed by atoms with Gasteiger partial charge in [-0.05, 0) is 53.0 Å². The molecule has 2 N–H and O–H groups in total. The van der Waals surface area contributed by atoms with Crippen molar-refractivity contribution in [2.24, 2.45) is 0 Å². The third-order valence-corrected chi connectivity index (χ3v) is 5.27. The minimum absolute atomic E-state index is 0.134. The fraction of sp³-hybridized carbons (Fsp3) is 0.300. The molecule has 140 valence electrons. The summed E-state index contributed by atoms with van der Waals surface area (Å²) >= 11 is 3.49. The van der Waals surface area contributed by atoms with E-state index in [1.165, 1.54) is 0 Å². The Kier molecular flexibility index (Phi) is 5.40. The molecule has 2 amide bonds. The number of pyridine rings is 1. The molecule has 1 aliphatic heterocycles. The Morgan fingerprint density at radius 1 is 1.11 bits per heavy atom. The van der Waals surface area contributed by atoms with Gasteiger partial charge in [0, 0.05) is 48.2 Å². The van der Waals surface area contributed by atoms with E-state index < -0.39 is 0 Å². The summed E-state index contributed by atoms with van der Waals surface area (Å²) in [6.07, 6.45) is 5.99. The fourth-order valence-electron chi connectivity index (χ4n) is 3.43. The number of carbonyl (C=O) groups excluding carboxylic acids is 1. The number of benzene rings is 1. The van der Waals surface area contributed by atoms with Crippen LogP contribution < -0.4 is 10.6 Å². The van der Waals surface area contributed by atoms with Crippen molar-refractivity contribution in [1.29, 1.82) is 0 Å². The normalized spacial score (nSPS) is 15.7. The first-order chi connectivity index (χ1) is 13.2. The second-order valence-electron chi connectivity index (χ2n) is 6.86. The predicted octanol–water partition coefficient (Wildman–Crippen LogP) is 3.88. The lowest BCUT2D eigenvalue weighted by molar-refractivity contribution is 0.188. The number of carbonyl (C=O) groups is 1. The molecule has 3 aromatic rings. The Labute approximate surface area is 166 Å². The highest BCUT2D eigenvalue weighted by atomic mass is 79.9. The van der Waals surface area contributed by atoms with Gasteiger partial charge in [0.2, 0.25) is 0 Å². The Hall–Kier alpha value is -2.38. The zero-order valence-electron chi connectivity index (χ0n) is 14.9. The van der Waals surface area contributed by atoms with Crippen LogP contribution in [0.2, 0.25) is 0 Å². The van der Waals surface area contributed by atoms with Crippen LogP contribution >= 0.6 is 15.9 Å². The molecule has 0 unspecified atom stereocenters. The van der Waals surface area contributed by atoms with Gasteiger partial charge in [0.05, 0.1) is 5.69 Å². The van der Waals surface area contributed by atoms with E-state index in [1.54, 1.807) is 0 Å². The molecular weight excluding hydrogens is 406 g/mol. The molecule has 0 bridgehead atoms. The molecule has 27 heavy (non-hydrogen) atoms. The Bertz CT molecular complexity index is 919. The highest BCUT2D eigenvalue weighted by molar-refractivity contribution is 9.10. The molecule has 1 aliphatic rings. The molecule has 0 saturated carbocycles. The number of nitrogens with zero attached hydrogens (tertiary/aromatic N) is 3. The minimum Gasteiger partial charge on any atom is -0.335 e. The quantitative estimate of drug-likeness (QED) is 0.663. The number of imidazole rings is 1. The smallest absolute Gasteiger partial charge is 0.319 e. The van der Waals surface area contributed by atoms with E-state index in [9.17, 15) is 4.79 Å². The lowest BCUT2D eigenvalue weighted by Gasteiger charge is -2.31. The molecule has 0 aliphatic carbocycles. The van der Waals surface area contributed by atoms with Crippen molar-refractivity contribution in [3.8, 4) is 0 Å². The number of amides is 2. The predicted molar refractivity (Wildman–Crippen MR) is 110 cm³/mol. The molecule has 7 heteroatoms. The number of piperidine rings is 1. The fourth-order valence-corrected chi connectivity index (χ4v) is 3.78.